The first-order chi connectivity index (χ1) is 9.74. The van der Waals surface area contributed by atoms with Gasteiger partial charge in [-0.1, -0.05) is 23.7 Å². The third-order valence-electron chi connectivity index (χ3n) is 2.53. The molecule has 0 aliphatic carbocycles. The number of rotatable bonds is 3. The van der Waals surface area contributed by atoms with Crippen molar-refractivity contribution in [1.82, 2.24) is 0 Å². The normalized spacial score (nSPS) is 11.3. The van der Waals surface area contributed by atoms with Crippen molar-refractivity contribution < 1.29 is 22.7 Å². The lowest BCUT2D eigenvalue weighted by molar-refractivity contribution is -0.274. The minimum atomic E-state index is -4.77. The zero-order chi connectivity index (χ0) is 15.6. The van der Waals surface area contributed by atoms with Crippen LogP contribution in [0, 0.1) is 0 Å². The molecule has 0 saturated heterocycles. The molecule has 110 valence electrons. The summed E-state index contributed by atoms with van der Waals surface area (Å²) in [5.74, 6) is -0.362. The molecule has 0 aromatic heterocycles. The smallest absolute Gasteiger partial charge is 0.406 e. The Bertz CT molecular complexity index is 684. The van der Waals surface area contributed by atoms with E-state index >= 15 is 0 Å². The van der Waals surface area contributed by atoms with Gasteiger partial charge in [-0.2, -0.15) is 0 Å². The minimum absolute atomic E-state index is 0.154. The molecule has 0 spiro atoms. The first kappa shape index (κ1) is 15.7. The SMILES string of the molecule is O=C(Cl)c1cc(Cl)cc(-c2cccc(OC(F)(F)F)c2)c1. The molecule has 2 aromatic carbocycles. The Morgan fingerprint density at radius 3 is 2.38 bits per heavy atom. The van der Waals surface area contributed by atoms with Gasteiger partial charge in [-0.3, -0.25) is 4.79 Å². The Balaban J connectivity index is 2.42. The Morgan fingerprint density at radius 2 is 1.76 bits per heavy atom. The fourth-order valence-corrected chi connectivity index (χ4v) is 2.09. The Morgan fingerprint density at radius 1 is 1.05 bits per heavy atom. The van der Waals surface area contributed by atoms with Crippen LogP contribution in [0.5, 0.6) is 5.75 Å². The minimum Gasteiger partial charge on any atom is -0.406 e. The highest BCUT2D eigenvalue weighted by atomic mass is 35.5. The number of hydrogen-bond acceptors (Lipinski definition) is 2. The molecule has 0 unspecified atom stereocenters. The van der Waals surface area contributed by atoms with E-state index in [0.29, 0.717) is 11.1 Å². The van der Waals surface area contributed by atoms with Gasteiger partial charge in [-0.25, -0.2) is 0 Å². The van der Waals surface area contributed by atoms with E-state index in [1.54, 1.807) is 6.07 Å². The molecular weight excluding hydrogens is 328 g/mol. The molecule has 0 aliphatic rings. The zero-order valence-corrected chi connectivity index (χ0v) is 11.8. The fourth-order valence-electron chi connectivity index (χ4n) is 1.74. The van der Waals surface area contributed by atoms with Gasteiger partial charge < -0.3 is 4.74 Å². The standard InChI is InChI=1S/C14H7Cl2F3O2/c15-11-5-9(4-10(6-11)13(16)20)8-2-1-3-12(7-8)21-14(17,18)19/h1-7H. The van der Waals surface area contributed by atoms with Crippen molar-refractivity contribution in [3.63, 3.8) is 0 Å². The quantitative estimate of drug-likeness (QED) is 0.713. The molecule has 0 N–H and O–H groups in total. The van der Waals surface area contributed by atoms with Gasteiger partial charge in [0.05, 0.1) is 0 Å². The fraction of sp³-hybridized carbons (Fsp3) is 0.0714. The van der Waals surface area contributed by atoms with Crippen LogP contribution in [0.1, 0.15) is 10.4 Å². The summed E-state index contributed by atoms with van der Waals surface area (Å²) in [7, 11) is 0. The molecule has 0 heterocycles. The number of carbonyl (C=O) groups excluding carboxylic acids is 1. The molecule has 0 fully saturated rings. The van der Waals surface area contributed by atoms with Crippen molar-refractivity contribution in [2.24, 2.45) is 0 Å². The number of halogens is 5. The third-order valence-corrected chi connectivity index (χ3v) is 2.96. The van der Waals surface area contributed by atoms with Gasteiger partial charge in [0.25, 0.3) is 5.24 Å². The topological polar surface area (TPSA) is 26.3 Å². The third kappa shape index (κ3) is 4.37. The van der Waals surface area contributed by atoms with Crippen LogP contribution < -0.4 is 4.74 Å². The average molecular weight is 335 g/mol. The van der Waals surface area contributed by atoms with Crippen LogP contribution in [0.25, 0.3) is 11.1 Å². The van der Waals surface area contributed by atoms with Gasteiger partial charge in [0.2, 0.25) is 0 Å². The van der Waals surface area contributed by atoms with Crippen LogP contribution in [0.2, 0.25) is 5.02 Å². The van der Waals surface area contributed by atoms with Gasteiger partial charge >= 0.3 is 6.36 Å². The summed E-state index contributed by atoms with van der Waals surface area (Å²) in [6.45, 7) is 0. The number of ether oxygens (including phenoxy) is 1. The lowest BCUT2D eigenvalue weighted by Crippen LogP contribution is -2.17. The van der Waals surface area contributed by atoms with E-state index < -0.39 is 11.6 Å². The van der Waals surface area contributed by atoms with Crippen molar-refractivity contribution in [1.29, 1.82) is 0 Å². The zero-order valence-electron chi connectivity index (χ0n) is 10.2. The maximum atomic E-state index is 12.2. The molecule has 2 rings (SSSR count). The molecule has 0 aliphatic heterocycles. The van der Waals surface area contributed by atoms with E-state index in [4.69, 9.17) is 23.2 Å². The van der Waals surface area contributed by atoms with Gasteiger partial charge in [-0.05, 0) is 53.1 Å². The predicted molar refractivity (Wildman–Crippen MR) is 73.8 cm³/mol. The van der Waals surface area contributed by atoms with Crippen molar-refractivity contribution in [3.8, 4) is 16.9 Å². The Hall–Kier alpha value is -1.72. The summed E-state index contributed by atoms with van der Waals surface area (Å²) >= 11 is 11.3. The van der Waals surface area contributed by atoms with Crippen molar-refractivity contribution in [2.45, 2.75) is 6.36 Å². The lowest BCUT2D eigenvalue weighted by Gasteiger charge is -2.10. The first-order valence-corrected chi connectivity index (χ1v) is 6.37. The summed E-state index contributed by atoms with van der Waals surface area (Å²) in [5.41, 5.74) is 1.03. The van der Waals surface area contributed by atoms with Crippen LogP contribution >= 0.6 is 23.2 Å². The first-order valence-electron chi connectivity index (χ1n) is 5.61. The predicted octanol–water partition coefficient (Wildman–Crippen LogP) is 5.28. The van der Waals surface area contributed by atoms with E-state index in [1.165, 1.54) is 36.4 Å². The van der Waals surface area contributed by atoms with E-state index in [9.17, 15) is 18.0 Å². The molecule has 0 saturated carbocycles. The molecule has 0 amide bonds. The van der Waals surface area contributed by atoms with Crippen LogP contribution in [0.4, 0.5) is 13.2 Å². The summed E-state index contributed by atoms with van der Waals surface area (Å²) in [4.78, 5) is 11.2. The molecule has 0 atom stereocenters. The Kier molecular flexibility index (Phi) is 4.44. The number of hydrogen-bond donors (Lipinski definition) is 0. The second-order valence-corrected chi connectivity index (χ2v) is 4.86. The summed E-state index contributed by atoms with van der Waals surface area (Å²) in [5, 5.41) is -0.458. The van der Waals surface area contributed by atoms with Crippen molar-refractivity contribution >= 4 is 28.4 Å². The van der Waals surface area contributed by atoms with Gasteiger partial charge in [0, 0.05) is 10.6 Å². The van der Waals surface area contributed by atoms with Crippen molar-refractivity contribution in [3.05, 3.63) is 53.1 Å². The maximum Gasteiger partial charge on any atom is 0.573 e. The number of benzene rings is 2. The Labute approximate surface area is 128 Å². The average Bonchev–Trinajstić information content (AvgIpc) is 2.36. The highest BCUT2D eigenvalue weighted by Gasteiger charge is 2.31. The van der Waals surface area contributed by atoms with E-state index in [1.807, 2.05) is 0 Å². The number of carbonyl (C=O) groups is 1. The van der Waals surface area contributed by atoms with Crippen LogP contribution in [-0.2, 0) is 0 Å². The highest BCUT2D eigenvalue weighted by Crippen LogP contribution is 2.30. The molecular formula is C14H7Cl2F3O2. The van der Waals surface area contributed by atoms with E-state index in [-0.39, 0.29) is 16.3 Å². The van der Waals surface area contributed by atoms with E-state index in [0.717, 1.165) is 0 Å². The maximum absolute atomic E-state index is 12.2. The number of alkyl halides is 3. The van der Waals surface area contributed by atoms with Gasteiger partial charge in [-0.15, -0.1) is 13.2 Å². The van der Waals surface area contributed by atoms with Gasteiger partial charge in [0.15, 0.2) is 0 Å². The second kappa shape index (κ2) is 5.95. The van der Waals surface area contributed by atoms with Crippen LogP contribution in [0.15, 0.2) is 42.5 Å². The van der Waals surface area contributed by atoms with Crippen LogP contribution in [0.3, 0.4) is 0 Å². The highest BCUT2D eigenvalue weighted by molar-refractivity contribution is 6.67. The summed E-state index contributed by atoms with van der Waals surface area (Å²) in [6, 6.07) is 9.66. The van der Waals surface area contributed by atoms with Crippen LogP contribution in [-0.4, -0.2) is 11.6 Å². The molecule has 2 nitrogen and oxygen atoms in total. The molecule has 0 bridgehead atoms. The molecule has 21 heavy (non-hydrogen) atoms. The van der Waals surface area contributed by atoms with E-state index in [2.05, 4.69) is 4.74 Å². The molecule has 7 heteroatoms. The lowest BCUT2D eigenvalue weighted by atomic mass is 10.0. The summed E-state index contributed by atoms with van der Waals surface area (Å²) < 4.78 is 40.5. The monoisotopic (exact) mass is 334 g/mol. The molecule has 0 radical (unpaired) electrons. The molecule has 2 aromatic rings. The largest absolute Gasteiger partial charge is 0.573 e. The van der Waals surface area contributed by atoms with Crippen molar-refractivity contribution in [2.75, 3.05) is 0 Å². The second-order valence-electron chi connectivity index (χ2n) is 4.08. The summed E-state index contributed by atoms with van der Waals surface area (Å²) in [6.07, 6.45) is -4.77. The van der Waals surface area contributed by atoms with Gasteiger partial charge in [0.1, 0.15) is 5.75 Å².